The van der Waals surface area contributed by atoms with Crippen LogP contribution in [0.25, 0.3) is 6.08 Å². The second kappa shape index (κ2) is 7.31. The minimum atomic E-state index is -0.676. The minimum Gasteiger partial charge on any atom is -0.486 e. The molecule has 0 aliphatic carbocycles. The van der Waals surface area contributed by atoms with Crippen LogP contribution in [0.15, 0.2) is 23.8 Å². The van der Waals surface area contributed by atoms with Gasteiger partial charge in [-0.25, -0.2) is 4.79 Å². The lowest BCUT2D eigenvalue weighted by Gasteiger charge is -2.18. The topological polar surface area (TPSA) is 77.8 Å². The van der Waals surface area contributed by atoms with Gasteiger partial charge in [-0.05, 0) is 23.8 Å². The summed E-state index contributed by atoms with van der Waals surface area (Å²) in [4.78, 5) is 11.7. The van der Waals surface area contributed by atoms with Crippen molar-refractivity contribution in [1.82, 2.24) is 0 Å². The SMILES string of the molecule is COCCOC(=O)C(C#N)=Cc1ccc2c(c1)OCCO2. The van der Waals surface area contributed by atoms with Crippen molar-refractivity contribution in [3.63, 3.8) is 0 Å². The maximum absolute atomic E-state index is 11.7. The maximum atomic E-state index is 11.7. The molecule has 0 radical (unpaired) electrons. The molecule has 1 aliphatic rings. The molecule has 0 aromatic heterocycles. The monoisotopic (exact) mass is 289 g/mol. The Labute approximate surface area is 122 Å². The van der Waals surface area contributed by atoms with Gasteiger partial charge in [0.15, 0.2) is 11.5 Å². The lowest BCUT2D eigenvalue weighted by Crippen LogP contribution is -2.15. The molecule has 1 aliphatic heterocycles. The van der Waals surface area contributed by atoms with Crippen molar-refractivity contribution in [3.05, 3.63) is 29.3 Å². The summed E-state index contributed by atoms with van der Waals surface area (Å²) in [7, 11) is 1.50. The van der Waals surface area contributed by atoms with Crippen molar-refractivity contribution in [2.75, 3.05) is 33.5 Å². The van der Waals surface area contributed by atoms with E-state index in [2.05, 4.69) is 0 Å². The molecule has 0 bridgehead atoms. The first-order valence-corrected chi connectivity index (χ1v) is 6.42. The number of nitriles is 1. The molecule has 0 amide bonds. The van der Waals surface area contributed by atoms with E-state index in [0.29, 0.717) is 30.3 Å². The first-order chi connectivity index (χ1) is 10.2. The number of nitrogens with zero attached hydrogens (tertiary/aromatic N) is 1. The van der Waals surface area contributed by atoms with Gasteiger partial charge in [-0.2, -0.15) is 5.26 Å². The Morgan fingerprint density at radius 3 is 2.81 bits per heavy atom. The Hall–Kier alpha value is -2.52. The van der Waals surface area contributed by atoms with E-state index in [1.54, 1.807) is 18.2 Å². The first kappa shape index (κ1) is 14.9. The van der Waals surface area contributed by atoms with E-state index in [9.17, 15) is 4.79 Å². The van der Waals surface area contributed by atoms with Crippen LogP contribution in [0.3, 0.4) is 0 Å². The Morgan fingerprint density at radius 2 is 2.10 bits per heavy atom. The van der Waals surface area contributed by atoms with Crippen molar-refractivity contribution in [2.24, 2.45) is 0 Å². The van der Waals surface area contributed by atoms with Crippen LogP contribution < -0.4 is 9.47 Å². The van der Waals surface area contributed by atoms with Gasteiger partial charge in [0.2, 0.25) is 0 Å². The van der Waals surface area contributed by atoms with E-state index in [1.807, 2.05) is 6.07 Å². The number of hydrogen-bond acceptors (Lipinski definition) is 6. The van der Waals surface area contributed by atoms with Gasteiger partial charge in [-0.15, -0.1) is 0 Å². The highest BCUT2D eigenvalue weighted by atomic mass is 16.6. The van der Waals surface area contributed by atoms with Crippen LogP contribution in [0, 0.1) is 11.3 Å². The van der Waals surface area contributed by atoms with Crippen LogP contribution in [0.2, 0.25) is 0 Å². The molecule has 2 rings (SSSR count). The van der Waals surface area contributed by atoms with Crippen LogP contribution in [0.4, 0.5) is 0 Å². The van der Waals surface area contributed by atoms with Gasteiger partial charge in [0.05, 0.1) is 6.61 Å². The van der Waals surface area contributed by atoms with E-state index in [0.717, 1.165) is 0 Å². The molecule has 0 atom stereocenters. The fourth-order valence-corrected chi connectivity index (χ4v) is 1.75. The summed E-state index contributed by atoms with van der Waals surface area (Å²) in [5.41, 5.74) is 0.585. The van der Waals surface area contributed by atoms with Crippen molar-refractivity contribution >= 4 is 12.0 Å². The number of hydrogen-bond donors (Lipinski definition) is 0. The summed E-state index contributed by atoms with van der Waals surface area (Å²) in [6, 6.07) is 7.03. The number of methoxy groups -OCH3 is 1. The zero-order chi connectivity index (χ0) is 15.1. The van der Waals surface area contributed by atoms with E-state index in [-0.39, 0.29) is 18.8 Å². The average Bonchev–Trinajstić information content (AvgIpc) is 2.52. The number of rotatable bonds is 5. The van der Waals surface area contributed by atoms with E-state index >= 15 is 0 Å². The largest absolute Gasteiger partial charge is 0.486 e. The lowest BCUT2D eigenvalue weighted by atomic mass is 10.1. The van der Waals surface area contributed by atoms with Crippen molar-refractivity contribution in [1.29, 1.82) is 5.26 Å². The second-order valence-corrected chi connectivity index (χ2v) is 4.20. The predicted molar refractivity (Wildman–Crippen MR) is 73.9 cm³/mol. The van der Waals surface area contributed by atoms with Gasteiger partial charge < -0.3 is 18.9 Å². The summed E-state index contributed by atoms with van der Waals surface area (Å²) >= 11 is 0. The molecular weight excluding hydrogens is 274 g/mol. The van der Waals surface area contributed by atoms with Crippen LogP contribution in [-0.4, -0.2) is 39.5 Å². The first-order valence-electron chi connectivity index (χ1n) is 6.42. The van der Waals surface area contributed by atoms with Gasteiger partial charge >= 0.3 is 5.97 Å². The summed E-state index contributed by atoms with van der Waals surface area (Å²) in [6.45, 7) is 1.38. The van der Waals surface area contributed by atoms with Gasteiger partial charge in [0.1, 0.15) is 31.5 Å². The Kier molecular flexibility index (Phi) is 5.18. The van der Waals surface area contributed by atoms with E-state index in [1.165, 1.54) is 13.2 Å². The highest BCUT2D eigenvalue weighted by Gasteiger charge is 2.14. The summed E-state index contributed by atoms with van der Waals surface area (Å²) < 4.78 is 20.5. The molecule has 6 nitrogen and oxygen atoms in total. The molecule has 0 fully saturated rings. The quantitative estimate of drug-likeness (QED) is 0.354. The third-order valence-electron chi connectivity index (χ3n) is 2.74. The Bertz CT molecular complexity index is 588. The summed E-state index contributed by atoms with van der Waals surface area (Å²) in [5.74, 6) is 0.573. The van der Waals surface area contributed by atoms with Crippen molar-refractivity contribution in [2.45, 2.75) is 0 Å². The highest BCUT2D eigenvalue weighted by Crippen LogP contribution is 2.31. The normalized spacial score (nSPS) is 13.4. The number of benzene rings is 1. The van der Waals surface area contributed by atoms with E-state index < -0.39 is 5.97 Å². The van der Waals surface area contributed by atoms with Gasteiger partial charge in [0.25, 0.3) is 0 Å². The molecule has 110 valence electrons. The Balaban J connectivity index is 2.12. The smallest absolute Gasteiger partial charge is 0.348 e. The van der Waals surface area contributed by atoms with E-state index in [4.69, 9.17) is 24.2 Å². The third kappa shape index (κ3) is 3.97. The van der Waals surface area contributed by atoms with Crippen molar-refractivity contribution in [3.8, 4) is 17.6 Å². The second-order valence-electron chi connectivity index (χ2n) is 4.20. The number of fused-ring (bicyclic) bond motifs is 1. The fraction of sp³-hybridized carbons (Fsp3) is 0.333. The molecule has 6 heteroatoms. The maximum Gasteiger partial charge on any atom is 0.348 e. The molecule has 0 spiro atoms. The zero-order valence-electron chi connectivity index (χ0n) is 11.6. The molecule has 21 heavy (non-hydrogen) atoms. The average molecular weight is 289 g/mol. The minimum absolute atomic E-state index is 0.0808. The molecule has 1 aromatic carbocycles. The summed E-state index contributed by atoms with van der Waals surface area (Å²) in [5, 5.41) is 9.05. The molecule has 0 saturated carbocycles. The molecule has 0 unspecified atom stereocenters. The predicted octanol–water partition coefficient (Wildman–Crippen LogP) is 1.55. The van der Waals surface area contributed by atoms with Gasteiger partial charge in [-0.3, -0.25) is 0 Å². The number of carbonyl (C=O) groups excluding carboxylic acids is 1. The fourth-order valence-electron chi connectivity index (χ4n) is 1.75. The Morgan fingerprint density at radius 1 is 1.33 bits per heavy atom. The molecule has 1 aromatic rings. The number of esters is 1. The lowest BCUT2D eigenvalue weighted by molar-refractivity contribution is -0.139. The van der Waals surface area contributed by atoms with Gasteiger partial charge in [-0.1, -0.05) is 6.07 Å². The molecule has 0 saturated heterocycles. The standard InChI is InChI=1S/C15H15NO5/c1-18-4-5-21-15(17)12(10-16)8-11-2-3-13-14(9-11)20-7-6-19-13/h2-3,8-9H,4-7H2,1H3. The zero-order valence-corrected chi connectivity index (χ0v) is 11.6. The summed E-state index contributed by atoms with van der Waals surface area (Å²) in [6.07, 6.45) is 1.45. The van der Waals surface area contributed by atoms with Crippen molar-refractivity contribution < 1.29 is 23.7 Å². The molecule has 1 heterocycles. The van der Waals surface area contributed by atoms with Crippen LogP contribution >= 0.6 is 0 Å². The number of carbonyl (C=O) groups is 1. The van der Waals surface area contributed by atoms with Crippen LogP contribution in [0.5, 0.6) is 11.5 Å². The van der Waals surface area contributed by atoms with Gasteiger partial charge in [0, 0.05) is 7.11 Å². The molecule has 0 N–H and O–H groups in total. The van der Waals surface area contributed by atoms with Crippen LogP contribution in [0.1, 0.15) is 5.56 Å². The number of ether oxygens (including phenoxy) is 4. The van der Waals surface area contributed by atoms with Crippen LogP contribution in [-0.2, 0) is 14.3 Å². The highest BCUT2D eigenvalue weighted by molar-refractivity contribution is 5.97. The molecular formula is C15H15NO5. The third-order valence-corrected chi connectivity index (χ3v) is 2.74.